The van der Waals surface area contributed by atoms with Crippen LogP contribution in [0.3, 0.4) is 0 Å². The van der Waals surface area contributed by atoms with E-state index in [-0.39, 0.29) is 28.2 Å². The number of nitriles is 1. The first kappa shape index (κ1) is 15.3. The quantitative estimate of drug-likeness (QED) is 0.854. The Kier molecular flexibility index (Phi) is 3.49. The minimum Gasteiger partial charge on any atom is -0.457 e. The van der Waals surface area contributed by atoms with Crippen molar-refractivity contribution in [1.82, 2.24) is 0 Å². The van der Waals surface area contributed by atoms with Gasteiger partial charge in [0.05, 0.1) is 11.6 Å². The van der Waals surface area contributed by atoms with Crippen molar-refractivity contribution < 1.29 is 27.4 Å². The van der Waals surface area contributed by atoms with Crippen molar-refractivity contribution in [3.8, 4) is 17.6 Å². The third-order valence-electron chi connectivity index (χ3n) is 3.58. The van der Waals surface area contributed by atoms with E-state index in [0.29, 0.717) is 6.07 Å². The van der Waals surface area contributed by atoms with Crippen LogP contribution in [-0.2, 0) is 6.42 Å². The van der Waals surface area contributed by atoms with Crippen LogP contribution in [0, 0.1) is 23.0 Å². The molecule has 0 saturated carbocycles. The lowest BCUT2D eigenvalue weighted by molar-refractivity contribution is -0.0969. The number of halogens is 4. The van der Waals surface area contributed by atoms with Gasteiger partial charge in [0, 0.05) is 35.7 Å². The molecule has 1 unspecified atom stereocenters. The molecule has 0 saturated heterocycles. The van der Waals surface area contributed by atoms with Gasteiger partial charge in [-0.15, -0.1) is 0 Å². The molecule has 0 amide bonds. The Balaban J connectivity index is 2.08. The Labute approximate surface area is 128 Å². The van der Waals surface area contributed by atoms with Gasteiger partial charge in [0.25, 0.3) is 5.92 Å². The van der Waals surface area contributed by atoms with E-state index in [9.17, 15) is 22.7 Å². The van der Waals surface area contributed by atoms with Gasteiger partial charge in [-0.25, -0.2) is 17.6 Å². The highest BCUT2D eigenvalue weighted by atomic mass is 19.3. The van der Waals surface area contributed by atoms with Crippen molar-refractivity contribution in [3.05, 3.63) is 58.7 Å². The lowest BCUT2D eigenvalue weighted by Gasteiger charge is -2.13. The van der Waals surface area contributed by atoms with Crippen LogP contribution >= 0.6 is 0 Å². The number of nitrogens with zero attached hydrogens (tertiary/aromatic N) is 1. The van der Waals surface area contributed by atoms with Gasteiger partial charge in [0.15, 0.2) is 0 Å². The predicted octanol–water partition coefficient (Wildman–Crippen LogP) is 3.85. The maximum Gasteiger partial charge on any atom is 0.281 e. The van der Waals surface area contributed by atoms with Crippen LogP contribution in [0.5, 0.6) is 11.5 Å². The van der Waals surface area contributed by atoms with E-state index in [2.05, 4.69) is 0 Å². The minimum absolute atomic E-state index is 0.0498. The molecule has 0 aromatic heterocycles. The van der Waals surface area contributed by atoms with Crippen LogP contribution in [0.1, 0.15) is 22.8 Å². The van der Waals surface area contributed by atoms with E-state index in [1.165, 1.54) is 12.1 Å². The second-order valence-corrected chi connectivity index (χ2v) is 5.16. The molecule has 0 heterocycles. The van der Waals surface area contributed by atoms with Gasteiger partial charge in [-0.2, -0.15) is 5.26 Å². The number of hydrogen-bond donors (Lipinski definition) is 1. The first-order chi connectivity index (χ1) is 10.8. The summed E-state index contributed by atoms with van der Waals surface area (Å²) in [4.78, 5) is 0. The van der Waals surface area contributed by atoms with Crippen LogP contribution in [0.25, 0.3) is 0 Å². The third-order valence-corrected chi connectivity index (χ3v) is 3.58. The monoisotopic (exact) mass is 323 g/mol. The van der Waals surface area contributed by atoms with Crippen molar-refractivity contribution in [2.24, 2.45) is 0 Å². The second kappa shape index (κ2) is 5.25. The Hall–Kier alpha value is -2.59. The molecule has 3 rings (SSSR count). The fourth-order valence-corrected chi connectivity index (χ4v) is 2.59. The topological polar surface area (TPSA) is 53.2 Å². The molecule has 2 aromatic carbocycles. The summed E-state index contributed by atoms with van der Waals surface area (Å²) in [5, 5.41) is 18.7. The number of fused-ring (bicyclic) bond motifs is 1. The van der Waals surface area contributed by atoms with Crippen LogP contribution in [-0.4, -0.2) is 11.0 Å². The van der Waals surface area contributed by atoms with Crippen LogP contribution in [0.4, 0.5) is 17.6 Å². The summed E-state index contributed by atoms with van der Waals surface area (Å²) in [6.07, 6.45) is -2.95. The van der Waals surface area contributed by atoms with E-state index in [1.54, 1.807) is 6.07 Å². The van der Waals surface area contributed by atoms with Gasteiger partial charge in [-0.3, -0.25) is 0 Å². The van der Waals surface area contributed by atoms with Crippen LogP contribution < -0.4 is 4.74 Å². The maximum atomic E-state index is 13.8. The first-order valence-electron chi connectivity index (χ1n) is 6.57. The van der Waals surface area contributed by atoms with Crippen molar-refractivity contribution in [2.45, 2.75) is 18.4 Å². The molecule has 1 aliphatic carbocycles. The summed E-state index contributed by atoms with van der Waals surface area (Å²) in [5.41, 5.74) is -0.361. The normalized spacial score (nSPS) is 18.3. The zero-order valence-corrected chi connectivity index (χ0v) is 11.5. The molecule has 2 aromatic rings. The minimum atomic E-state index is -3.44. The van der Waals surface area contributed by atoms with Gasteiger partial charge in [-0.05, 0) is 12.1 Å². The predicted molar refractivity (Wildman–Crippen MR) is 71.2 cm³/mol. The van der Waals surface area contributed by atoms with Crippen molar-refractivity contribution in [1.29, 1.82) is 5.26 Å². The van der Waals surface area contributed by atoms with Crippen LogP contribution in [0.15, 0.2) is 30.3 Å². The molecule has 0 bridgehead atoms. The molecule has 0 radical (unpaired) electrons. The van der Waals surface area contributed by atoms with Gasteiger partial charge < -0.3 is 9.84 Å². The summed E-state index contributed by atoms with van der Waals surface area (Å²) in [6, 6.07) is 6.66. The molecule has 0 aliphatic heterocycles. The average Bonchev–Trinajstić information content (AvgIpc) is 2.70. The number of alkyl halides is 2. The number of aliphatic hydroxyl groups is 1. The van der Waals surface area contributed by atoms with Gasteiger partial charge >= 0.3 is 0 Å². The zero-order chi connectivity index (χ0) is 16.8. The number of ether oxygens (including phenoxy) is 1. The van der Waals surface area contributed by atoms with E-state index in [0.717, 1.165) is 12.1 Å². The summed E-state index contributed by atoms with van der Waals surface area (Å²) >= 11 is 0. The second-order valence-electron chi connectivity index (χ2n) is 5.16. The fraction of sp³-hybridized carbons (Fsp3) is 0.188. The van der Waals surface area contributed by atoms with Crippen molar-refractivity contribution in [3.63, 3.8) is 0 Å². The number of aliphatic hydroxyl groups excluding tert-OH is 1. The number of benzene rings is 2. The first-order valence-corrected chi connectivity index (χ1v) is 6.57. The molecule has 0 spiro atoms. The molecule has 1 atom stereocenters. The molecule has 1 aliphatic rings. The van der Waals surface area contributed by atoms with E-state index >= 15 is 0 Å². The average molecular weight is 323 g/mol. The Morgan fingerprint density at radius 3 is 2.43 bits per heavy atom. The van der Waals surface area contributed by atoms with Gasteiger partial charge in [0.1, 0.15) is 29.2 Å². The number of rotatable bonds is 2. The molecule has 1 N–H and O–H groups in total. The SMILES string of the molecule is N#Cc1ccc(Oc2cc(F)cc(F)c2)c2c1C(O)C(F)(F)C2. The number of hydrogen-bond acceptors (Lipinski definition) is 3. The molecule has 3 nitrogen and oxygen atoms in total. The standard InChI is InChI=1S/C16H9F4NO2/c17-9-3-10(18)5-11(4-9)23-13-2-1-8(7-21)14-12(13)6-16(19,20)15(14)22/h1-5,15,22H,6H2. The lowest BCUT2D eigenvalue weighted by atomic mass is 10.0. The summed E-state index contributed by atoms with van der Waals surface area (Å²) < 4.78 is 59.2. The highest BCUT2D eigenvalue weighted by molar-refractivity contribution is 5.56. The molecule has 0 fully saturated rings. The summed E-state index contributed by atoms with van der Waals surface area (Å²) in [5.74, 6) is -5.49. The maximum absolute atomic E-state index is 13.8. The van der Waals surface area contributed by atoms with Crippen molar-refractivity contribution in [2.75, 3.05) is 0 Å². The van der Waals surface area contributed by atoms with Crippen LogP contribution in [0.2, 0.25) is 0 Å². The fourth-order valence-electron chi connectivity index (χ4n) is 2.59. The van der Waals surface area contributed by atoms with E-state index in [1.807, 2.05) is 0 Å². The summed E-state index contributed by atoms with van der Waals surface area (Å²) in [7, 11) is 0. The molecular weight excluding hydrogens is 314 g/mol. The van der Waals surface area contributed by atoms with Gasteiger partial charge in [0.2, 0.25) is 0 Å². The Morgan fingerprint density at radius 2 is 1.83 bits per heavy atom. The van der Waals surface area contributed by atoms with Crippen molar-refractivity contribution >= 4 is 0 Å². The molecule has 7 heteroatoms. The van der Waals surface area contributed by atoms with Gasteiger partial charge in [-0.1, -0.05) is 0 Å². The molecule has 23 heavy (non-hydrogen) atoms. The highest BCUT2D eigenvalue weighted by Gasteiger charge is 2.49. The largest absolute Gasteiger partial charge is 0.457 e. The zero-order valence-electron chi connectivity index (χ0n) is 11.5. The smallest absolute Gasteiger partial charge is 0.281 e. The third kappa shape index (κ3) is 2.62. The lowest BCUT2D eigenvalue weighted by Crippen LogP contribution is -2.21. The van der Waals surface area contributed by atoms with E-state index in [4.69, 9.17) is 10.00 Å². The molecule has 118 valence electrons. The Bertz CT molecular complexity index is 809. The molecular formula is C16H9F4NO2. The van der Waals surface area contributed by atoms with E-state index < -0.39 is 30.1 Å². The Morgan fingerprint density at radius 1 is 1.17 bits per heavy atom. The highest BCUT2D eigenvalue weighted by Crippen LogP contribution is 2.48. The summed E-state index contributed by atoms with van der Waals surface area (Å²) in [6.45, 7) is 0.